The van der Waals surface area contributed by atoms with Crippen LogP contribution in [-0.4, -0.2) is 28.8 Å². The van der Waals surface area contributed by atoms with E-state index in [4.69, 9.17) is 11.6 Å². The number of rotatable bonds is 3. The molecule has 1 aromatic rings. The molecule has 1 aliphatic rings. The van der Waals surface area contributed by atoms with E-state index in [2.05, 4.69) is 0 Å². The topological polar surface area (TPSA) is 63.4 Å². The summed E-state index contributed by atoms with van der Waals surface area (Å²) in [6, 6.07) is 4.49. The van der Waals surface area contributed by atoms with Gasteiger partial charge in [-0.25, -0.2) is 0 Å². The van der Waals surface area contributed by atoms with Crippen LogP contribution in [-0.2, 0) is 4.79 Å². The molecule has 0 bridgehead atoms. The summed E-state index contributed by atoms with van der Waals surface area (Å²) in [5, 5.41) is 10.9. The second-order valence-corrected chi connectivity index (χ2v) is 5.45. The highest BCUT2D eigenvalue weighted by atomic mass is 35.5. The molecule has 1 heterocycles. The molecule has 21 heavy (non-hydrogen) atoms. The SMILES string of the molecule is O=C(/C=C/c1ccc(Cl)c([N+](=O)[O-])c1)N1CCCCCC1. The minimum absolute atomic E-state index is 0.0468. The zero-order valence-electron chi connectivity index (χ0n) is 11.6. The molecule has 6 heteroatoms. The van der Waals surface area contributed by atoms with Gasteiger partial charge in [0.25, 0.3) is 5.69 Å². The van der Waals surface area contributed by atoms with Crippen LogP contribution in [0, 0.1) is 10.1 Å². The number of hydrogen-bond donors (Lipinski definition) is 0. The molecule has 0 saturated carbocycles. The van der Waals surface area contributed by atoms with Gasteiger partial charge in [0.15, 0.2) is 0 Å². The van der Waals surface area contributed by atoms with E-state index in [1.165, 1.54) is 18.2 Å². The average molecular weight is 309 g/mol. The van der Waals surface area contributed by atoms with E-state index in [9.17, 15) is 14.9 Å². The number of likely N-dealkylation sites (tertiary alicyclic amines) is 1. The predicted octanol–water partition coefficient (Wildman–Crippen LogP) is 3.66. The van der Waals surface area contributed by atoms with Gasteiger partial charge in [-0.3, -0.25) is 14.9 Å². The van der Waals surface area contributed by atoms with Gasteiger partial charge in [-0.05, 0) is 30.5 Å². The Morgan fingerprint density at radius 1 is 1.24 bits per heavy atom. The van der Waals surface area contributed by atoms with Gasteiger partial charge in [-0.15, -0.1) is 0 Å². The summed E-state index contributed by atoms with van der Waals surface area (Å²) in [6.45, 7) is 1.56. The molecule has 0 unspecified atom stereocenters. The highest BCUT2D eigenvalue weighted by molar-refractivity contribution is 6.32. The average Bonchev–Trinajstić information content (AvgIpc) is 2.75. The Kier molecular flexibility index (Phi) is 5.33. The summed E-state index contributed by atoms with van der Waals surface area (Å²) in [6.07, 6.45) is 7.46. The first-order valence-electron chi connectivity index (χ1n) is 6.99. The standard InChI is InChI=1S/C15H17ClN2O3/c16-13-7-5-12(11-14(13)18(20)21)6-8-15(19)17-9-3-1-2-4-10-17/h5-8,11H,1-4,9-10H2/b8-6+. The van der Waals surface area contributed by atoms with Crippen LogP contribution in [0.1, 0.15) is 31.2 Å². The van der Waals surface area contributed by atoms with E-state index < -0.39 is 4.92 Å². The number of hydrogen-bond acceptors (Lipinski definition) is 3. The summed E-state index contributed by atoms with van der Waals surface area (Å²) in [4.78, 5) is 24.2. The van der Waals surface area contributed by atoms with Crippen LogP contribution < -0.4 is 0 Å². The van der Waals surface area contributed by atoms with Crippen molar-refractivity contribution in [1.29, 1.82) is 0 Å². The van der Waals surface area contributed by atoms with Crippen molar-refractivity contribution in [3.8, 4) is 0 Å². The van der Waals surface area contributed by atoms with E-state index in [1.54, 1.807) is 12.1 Å². The molecule has 1 aromatic carbocycles. The Balaban J connectivity index is 2.08. The van der Waals surface area contributed by atoms with Crippen LogP contribution in [0.3, 0.4) is 0 Å². The number of amides is 1. The summed E-state index contributed by atoms with van der Waals surface area (Å²) < 4.78 is 0. The first-order chi connectivity index (χ1) is 10.1. The molecule has 0 atom stereocenters. The summed E-state index contributed by atoms with van der Waals surface area (Å²) in [7, 11) is 0. The van der Waals surface area contributed by atoms with Crippen molar-refractivity contribution in [2.24, 2.45) is 0 Å². The van der Waals surface area contributed by atoms with Crippen molar-refractivity contribution in [3.05, 3.63) is 45.0 Å². The number of nitrogens with zero attached hydrogens (tertiary/aromatic N) is 2. The lowest BCUT2D eigenvalue weighted by Gasteiger charge is -2.17. The lowest BCUT2D eigenvalue weighted by atomic mass is 10.2. The fourth-order valence-electron chi connectivity index (χ4n) is 2.34. The Morgan fingerprint density at radius 2 is 1.90 bits per heavy atom. The first-order valence-corrected chi connectivity index (χ1v) is 7.36. The third-order valence-electron chi connectivity index (χ3n) is 3.50. The molecule has 112 valence electrons. The lowest BCUT2D eigenvalue weighted by Crippen LogP contribution is -2.30. The monoisotopic (exact) mass is 308 g/mol. The normalized spacial score (nSPS) is 16.0. The van der Waals surface area contributed by atoms with Crippen LogP contribution in [0.25, 0.3) is 6.08 Å². The molecule has 0 aromatic heterocycles. The molecule has 2 rings (SSSR count). The molecule has 0 radical (unpaired) electrons. The third kappa shape index (κ3) is 4.29. The minimum atomic E-state index is -0.531. The van der Waals surface area contributed by atoms with Gasteiger partial charge < -0.3 is 4.90 Å². The highest BCUT2D eigenvalue weighted by Gasteiger charge is 2.14. The molecule has 1 saturated heterocycles. The zero-order valence-corrected chi connectivity index (χ0v) is 12.4. The second kappa shape index (κ2) is 7.22. The third-order valence-corrected chi connectivity index (χ3v) is 3.82. The molecule has 0 aliphatic carbocycles. The molecule has 1 aliphatic heterocycles. The van der Waals surface area contributed by atoms with Crippen LogP contribution in [0.2, 0.25) is 5.02 Å². The van der Waals surface area contributed by atoms with E-state index in [0.29, 0.717) is 5.56 Å². The van der Waals surface area contributed by atoms with Gasteiger partial charge in [-0.1, -0.05) is 30.5 Å². The van der Waals surface area contributed by atoms with Gasteiger partial charge in [0.05, 0.1) is 4.92 Å². The summed E-state index contributed by atoms with van der Waals surface area (Å²) >= 11 is 5.75. The molecular weight excluding hydrogens is 292 g/mol. The van der Waals surface area contributed by atoms with Crippen LogP contribution in [0.5, 0.6) is 0 Å². The first kappa shape index (κ1) is 15.5. The van der Waals surface area contributed by atoms with Gasteiger partial charge in [0.2, 0.25) is 5.91 Å². The van der Waals surface area contributed by atoms with Crippen LogP contribution >= 0.6 is 11.6 Å². The molecule has 1 fully saturated rings. The van der Waals surface area contributed by atoms with Gasteiger partial charge in [0, 0.05) is 25.2 Å². The fourth-order valence-corrected chi connectivity index (χ4v) is 2.52. The van der Waals surface area contributed by atoms with Crippen LogP contribution in [0.15, 0.2) is 24.3 Å². The van der Waals surface area contributed by atoms with Crippen molar-refractivity contribution in [3.63, 3.8) is 0 Å². The largest absolute Gasteiger partial charge is 0.339 e. The highest BCUT2D eigenvalue weighted by Crippen LogP contribution is 2.25. The summed E-state index contributed by atoms with van der Waals surface area (Å²) in [5.74, 6) is -0.0468. The number of nitro groups is 1. The number of benzene rings is 1. The number of halogens is 1. The van der Waals surface area contributed by atoms with Crippen molar-refractivity contribution in [2.75, 3.05) is 13.1 Å². The number of carbonyl (C=O) groups is 1. The maximum absolute atomic E-state index is 12.1. The van der Waals surface area contributed by atoms with Crippen molar-refractivity contribution >= 4 is 29.3 Å². The predicted molar refractivity (Wildman–Crippen MR) is 82.2 cm³/mol. The quantitative estimate of drug-likeness (QED) is 0.486. The van der Waals surface area contributed by atoms with Gasteiger partial charge in [0.1, 0.15) is 5.02 Å². The molecule has 1 amide bonds. The van der Waals surface area contributed by atoms with Crippen molar-refractivity contribution in [2.45, 2.75) is 25.7 Å². The minimum Gasteiger partial charge on any atom is -0.339 e. The Hall–Kier alpha value is -1.88. The van der Waals surface area contributed by atoms with Gasteiger partial charge >= 0.3 is 0 Å². The zero-order chi connectivity index (χ0) is 15.2. The van der Waals surface area contributed by atoms with Crippen molar-refractivity contribution in [1.82, 2.24) is 4.90 Å². The fraction of sp³-hybridized carbons (Fsp3) is 0.400. The Labute approximate surface area is 128 Å². The lowest BCUT2D eigenvalue weighted by molar-refractivity contribution is -0.384. The number of carbonyl (C=O) groups excluding carboxylic acids is 1. The molecule has 0 N–H and O–H groups in total. The molecule has 0 spiro atoms. The number of nitro benzene ring substituents is 1. The Morgan fingerprint density at radius 3 is 2.52 bits per heavy atom. The molecular formula is C15H17ClN2O3. The van der Waals surface area contributed by atoms with Crippen LogP contribution in [0.4, 0.5) is 5.69 Å². The smallest absolute Gasteiger partial charge is 0.288 e. The summed E-state index contributed by atoms with van der Waals surface area (Å²) in [5.41, 5.74) is 0.440. The van der Waals surface area contributed by atoms with E-state index >= 15 is 0 Å². The van der Waals surface area contributed by atoms with E-state index in [0.717, 1.165) is 38.8 Å². The molecule has 5 nitrogen and oxygen atoms in total. The Bertz CT molecular complexity index is 564. The van der Waals surface area contributed by atoms with Gasteiger partial charge in [-0.2, -0.15) is 0 Å². The van der Waals surface area contributed by atoms with E-state index in [1.807, 2.05) is 4.90 Å². The maximum atomic E-state index is 12.1. The van der Waals surface area contributed by atoms with Crippen molar-refractivity contribution < 1.29 is 9.72 Å². The van der Waals surface area contributed by atoms with E-state index in [-0.39, 0.29) is 16.6 Å². The maximum Gasteiger partial charge on any atom is 0.288 e. The second-order valence-electron chi connectivity index (χ2n) is 5.04.